The number of nitrogens with zero attached hydrogens (tertiary/aromatic N) is 1. The van der Waals surface area contributed by atoms with Crippen LogP contribution in [0.15, 0.2) is 36.2 Å². The van der Waals surface area contributed by atoms with Gasteiger partial charge < -0.3 is 16.9 Å². The Hall–Kier alpha value is -2.36. The lowest BCUT2D eigenvalue weighted by atomic mass is 9.98. The van der Waals surface area contributed by atoms with Crippen LogP contribution < -0.4 is 11.5 Å². The first-order chi connectivity index (χ1) is 8.50. The Kier molecular flexibility index (Phi) is 3.02. The molecule has 0 aliphatic rings. The molecule has 1 heterocycles. The van der Waals surface area contributed by atoms with Crippen LogP contribution in [-0.4, -0.2) is 10.7 Å². The van der Waals surface area contributed by atoms with E-state index in [0.29, 0.717) is 17.1 Å². The van der Waals surface area contributed by atoms with Crippen LogP contribution in [0, 0.1) is 5.41 Å². The van der Waals surface area contributed by atoms with E-state index in [1.165, 1.54) is 0 Å². The zero-order valence-corrected chi connectivity index (χ0v) is 10.5. The van der Waals surface area contributed by atoms with Crippen LogP contribution in [0.5, 0.6) is 0 Å². The molecule has 0 bridgehead atoms. The first-order valence-electron chi connectivity index (χ1n) is 5.67. The van der Waals surface area contributed by atoms with E-state index in [-0.39, 0.29) is 0 Å². The molecule has 0 atom stereocenters. The van der Waals surface area contributed by atoms with Gasteiger partial charge in [0.05, 0.1) is 5.52 Å². The van der Waals surface area contributed by atoms with Gasteiger partial charge in [0.25, 0.3) is 0 Å². The summed E-state index contributed by atoms with van der Waals surface area (Å²) in [5.74, 6) is 0. The van der Waals surface area contributed by atoms with Gasteiger partial charge in [0, 0.05) is 34.3 Å². The molecular formula is C14H16N4. The molecule has 0 amide bonds. The van der Waals surface area contributed by atoms with Gasteiger partial charge in [-0.3, -0.25) is 4.98 Å². The SMILES string of the molecule is CC(=N)C(=C(C)N)c1ccc2nccc(N)c2c1. The van der Waals surface area contributed by atoms with Crippen molar-refractivity contribution in [3.63, 3.8) is 0 Å². The number of benzene rings is 1. The molecule has 2 rings (SSSR count). The molecule has 4 nitrogen and oxygen atoms in total. The maximum absolute atomic E-state index is 7.80. The molecule has 0 aliphatic heterocycles. The van der Waals surface area contributed by atoms with Crippen LogP contribution in [-0.2, 0) is 0 Å². The second-order valence-electron chi connectivity index (χ2n) is 4.32. The summed E-state index contributed by atoms with van der Waals surface area (Å²) in [6.45, 7) is 3.52. The van der Waals surface area contributed by atoms with Crippen LogP contribution in [0.1, 0.15) is 19.4 Å². The third kappa shape index (κ3) is 2.05. The van der Waals surface area contributed by atoms with E-state index in [1.54, 1.807) is 26.1 Å². The topological polar surface area (TPSA) is 88.8 Å². The normalized spacial score (nSPS) is 12.3. The molecule has 18 heavy (non-hydrogen) atoms. The number of nitrogen functional groups attached to an aromatic ring is 1. The molecule has 0 spiro atoms. The highest BCUT2D eigenvalue weighted by atomic mass is 14.7. The molecule has 0 fully saturated rings. The molecular weight excluding hydrogens is 224 g/mol. The lowest BCUT2D eigenvalue weighted by Crippen LogP contribution is -2.04. The van der Waals surface area contributed by atoms with E-state index in [1.807, 2.05) is 18.2 Å². The summed E-state index contributed by atoms with van der Waals surface area (Å²) in [6, 6.07) is 7.51. The van der Waals surface area contributed by atoms with Crippen LogP contribution in [0.2, 0.25) is 0 Å². The first kappa shape index (κ1) is 12.1. The van der Waals surface area contributed by atoms with Crippen LogP contribution in [0.25, 0.3) is 16.5 Å². The van der Waals surface area contributed by atoms with Gasteiger partial charge in [0.2, 0.25) is 0 Å². The summed E-state index contributed by atoms with van der Waals surface area (Å²) in [5, 5.41) is 8.68. The molecule has 0 radical (unpaired) electrons. The smallest absolute Gasteiger partial charge is 0.0723 e. The minimum absolute atomic E-state index is 0.441. The van der Waals surface area contributed by atoms with Crippen LogP contribution >= 0.6 is 0 Å². The number of hydrogen-bond donors (Lipinski definition) is 3. The number of rotatable bonds is 2. The summed E-state index contributed by atoms with van der Waals surface area (Å²) in [4.78, 5) is 4.25. The fourth-order valence-corrected chi connectivity index (χ4v) is 2.06. The Morgan fingerprint density at radius 2 is 1.94 bits per heavy atom. The number of hydrogen-bond acceptors (Lipinski definition) is 4. The molecule has 92 valence electrons. The van der Waals surface area contributed by atoms with Gasteiger partial charge in [0.15, 0.2) is 0 Å². The molecule has 1 aromatic heterocycles. The van der Waals surface area contributed by atoms with Crippen LogP contribution in [0.4, 0.5) is 5.69 Å². The predicted molar refractivity (Wildman–Crippen MR) is 76.3 cm³/mol. The lowest BCUT2D eigenvalue weighted by molar-refractivity contribution is 1.32. The fraction of sp³-hybridized carbons (Fsp3) is 0.143. The Morgan fingerprint density at radius 3 is 2.56 bits per heavy atom. The number of aromatic nitrogens is 1. The van der Waals surface area contributed by atoms with Crippen molar-refractivity contribution in [2.45, 2.75) is 13.8 Å². The lowest BCUT2D eigenvalue weighted by Gasteiger charge is -2.10. The Balaban J connectivity index is 2.71. The molecule has 5 N–H and O–H groups in total. The highest BCUT2D eigenvalue weighted by Crippen LogP contribution is 2.25. The van der Waals surface area contributed by atoms with Gasteiger partial charge in [-0.05, 0) is 37.6 Å². The highest BCUT2D eigenvalue weighted by Gasteiger charge is 2.09. The van der Waals surface area contributed by atoms with Crippen molar-refractivity contribution in [2.75, 3.05) is 5.73 Å². The van der Waals surface area contributed by atoms with Crippen molar-refractivity contribution in [1.29, 1.82) is 5.41 Å². The minimum Gasteiger partial charge on any atom is -0.402 e. The van der Waals surface area contributed by atoms with Crippen LogP contribution in [0.3, 0.4) is 0 Å². The number of nitrogens with one attached hydrogen (secondary N) is 1. The van der Waals surface area contributed by atoms with Crippen molar-refractivity contribution in [2.24, 2.45) is 5.73 Å². The monoisotopic (exact) mass is 240 g/mol. The van der Waals surface area contributed by atoms with Gasteiger partial charge in [0.1, 0.15) is 0 Å². The minimum atomic E-state index is 0.441. The number of anilines is 1. The standard InChI is InChI=1S/C14H16N4/c1-8(15)14(9(2)16)10-3-4-13-11(7-10)12(17)5-6-18-13/h3-7,15H,16H2,1-2H3,(H2,17,18). The second-order valence-corrected chi connectivity index (χ2v) is 4.32. The number of fused-ring (bicyclic) bond motifs is 1. The second kappa shape index (κ2) is 4.49. The maximum Gasteiger partial charge on any atom is 0.0723 e. The van der Waals surface area contributed by atoms with Crippen molar-refractivity contribution >= 4 is 27.9 Å². The molecule has 0 saturated carbocycles. The predicted octanol–water partition coefficient (Wildman–Crippen LogP) is 2.55. The Morgan fingerprint density at radius 1 is 1.22 bits per heavy atom. The van der Waals surface area contributed by atoms with E-state index in [2.05, 4.69) is 4.98 Å². The quantitative estimate of drug-likeness (QED) is 0.705. The van der Waals surface area contributed by atoms with E-state index < -0.39 is 0 Å². The van der Waals surface area contributed by atoms with Crippen molar-refractivity contribution in [3.8, 4) is 0 Å². The van der Waals surface area contributed by atoms with E-state index >= 15 is 0 Å². The largest absolute Gasteiger partial charge is 0.402 e. The average Bonchev–Trinajstić information content (AvgIpc) is 2.29. The summed E-state index contributed by atoms with van der Waals surface area (Å²) >= 11 is 0. The summed E-state index contributed by atoms with van der Waals surface area (Å²) in [7, 11) is 0. The number of pyridine rings is 1. The summed E-state index contributed by atoms with van der Waals surface area (Å²) in [5.41, 5.74) is 16.0. The van der Waals surface area contributed by atoms with Gasteiger partial charge in [-0.15, -0.1) is 0 Å². The van der Waals surface area contributed by atoms with Crippen molar-refractivity contribution in [1.82, 2.24) is 4.98 Å². The summed E-state index contributed by atoms with van der Waals surface area (Å²) in [6.07, 6.45) is 1.68. The van der Waals surface area contributed by atoms with Gasteiger partial charge >= 0.3 is 0 Å². The molecule has 0 aliphatic carbocycles. The Labute approximate surface area is 106 Å². The fourth-order valence-electron chi connectivity index (χ4n) is 2.06. The average molecular weight is 240 g/mol. The molecule has 4 heteroatoms. The van der Waals surface area contributed by atoms with E-state index in [0.717, 1.165) is 22.0 Å². The maximum atomic E-state index is 7.80. The number of allylic oxidation sites excluding steroid dienone is 2. The van der Waals surface area contributed by atoms with E-state index in [4.69, 9.17) is 16.9 Å². The molecule has 0 unspecified atom stereocenters. The van der Waals surface area contributed by atoms with Gasteiger partial charge in [-0.2, -0.15) is 0 Å². The van der Waals surface area contributed by atoms with Gasteiger partial charge in [-0.25, -0.2) is 0 Å². The van der Waals surface area contributed by atoms with Crippen molar-refractivity contribution in [3.05, 3.63) is 41.7 Å². The number of nitrogens with two attached hydrogens (primary N) is 2. The molecule has 0 saturated heterocycles. The third-order valence-corrected chi connectivity index (χ3v) is 2.83. The molecule has 2 aromatic rings. The zero-order chi connectivity index (χ0) is 13.3. The van der Waals surface area contributed by atoms with Crippen molar-refractivity contribution < 1.29 is 0 Å². The third-order valence-electron chi connectivity index (χ3n) is 2.83. The summed E-state index contributed by atoms with van der Waals surface area (Å²) < 4.78 is 0. The van der Waals surface area contributed by atoms with Gasteiger partial charge in [-0.1, -0.05) is 6.07 Å². The van der Waals surface area contributed by atoms with E-state index in [9.17, 15) is 0 Å². The zero-order valence-electron chi connectivity index (χ0n) is 10.5. The molecule has 1 aromatic carbocycles. The Bertz CT molecular complexity index is 652. The first-order valence-corrected chi connectivity index (χ1v) is 5.67. The highest BCUT2D eigenvalue weighted by molar-refractivity contribution is 6.22.